The minimum atomic E-state index is -0.908. The third-order valence-electron chi connectivity index (χ3n) is 3.12. The fraction of sp³-hybridized carbons (Fsp3) is 0.167. The van der Waals surface area contributed by atoms with E-state index in [1.165, 1.54) is 17.2 Å². The van der Waals surface area contributed by atoms with Gasteiger partial charge in [0.1, 0.15) is 0 Å². The summed E-state index contributed by atoms with van der Waals surface area (Å²) in [5, 5.41) is 8.70. The quantitative estimate of drug-likeness (QED) is 0.791. The van der Waals surface area contributed by atoms with Crippen molar-refractivity contribution in [2.24, 2.45) is 0 Å². The fourth-order valence-electron chi connectivity index (χ4n) is 2.17. The summed E-state index contributed by atoms with van der Waals surface area (Å²) in [5.74, 6) is -0.908. The highest BCUT2D eigenvalue weighted by Crippen LogP contribution is 2.09. The molecule has 0 fully saturated rings. The number of hydrogen-bond acceptors (Lipinski definition) is 2. The molecule has 1 N–H and O–H groups in total. The third kappa shape index (κ3) is 5.63. The third-order valence-corrected chi connectivity index (χ3v) is 3.12. The first-order valence-electron chi connectivity index (χ1n) is 6.94. The molecule has 0 aliphatic carbocycles. The van der Waals surface area contributed by atoms with Crippen molar-refractivity contribution in [2.75, 3.05) is 6.54 Å². The zero-order valence-electron chi connectivity index (χ0n) is 11.9. The van der Waals surface area contributed by atoms with E-state index in [1.54, 1.807) is 6.08 Å². The van der Waals surface area contributed by atoms with Crippen LogP contribution in [-0.2, 0) is 17.9 Å². The van der Waals surface area contributed by atoms with E-state index in [2.05, 4.69) is 29.2 Å². The number of hydrogen-bond donors (Lipinski definition) is 1. The molecule has 2 aromatic carbocycles. The molecule has 0 amide bonds. The molecule has 0 aliphatic heterocycles. The number of carboxylic acids is 1. The molecule has 2 aromatic rings. The molecule has 0 atom stereocenters. The van der Waals surface area contributed by atoms with E-state index in [1.807, 2.05) is 36.4 Å². The first kappa shape index (κ1) is 15.0. The Morgan fingerprint density at radius 3 is 1.81 bits per heavy atom. The fourth-order valence-corrected chi connectivity index (χ4v) is 2.17. The van der Waals surface area contributed by atoms with Gasteiger partial charge in [-0.25, -0.2) is 4.79 Å². The highest BCUT2D eigenvalue weighted by Gasteiger charge is 2.05. The molecule has 0 saturated heterocycles. The van der Waals surface area contributed by atoms with Crippen molar-refractivity contribution in [1.82, 2.24) is 4.90 Å². The maximum Gasteiger partial charge on any atom is 0.328 e. The molecule has 0 unspecified atom stereocenters. The van der Waals surface area contributed by atoms with E-state index in [0.29, 0.717) is 6.54 Å². The molecule has 3 nitrogen and oxygen atoms in total. The molecule has 108 valence electrons. The summed E-state index contributed by atoms with van der Waals surface area (Å²) in [6, 6.07) is 20.4. The first-order valence-corrected chi connectivity index (χ1v) is 6.94. The Labute approximate surface area is 125 Å². The molecule has 0 aromatic heterocycles. The molecular weight excluding hydrogens is 262 g/mol. The van der Waals surface area contributed by atoms with Gasteiger partial charge in [0.05, 0.1) is 0 Å². The molecule has 0 saturated carbocycles. The van der Waals surface area contributed by atoms with Crippen molar-refractivity contribution < 1.29 is 9.90 Å². The molecule has 0 heterocycles. The van der Waals surface area contributed by atoms with Crippen LogP contribution < -0.4 is 0 Å². The Hall–Kier alpha value is -2.39. The minimum absolute atomic E-state index is 0.607. The van der Waals surface area contributed by atoms with E-state index < -0.39 is 5.97 Å². The molecule has 3 heteroatoms. The minimum Gasteiger partial charge on any atom is -0.478 e. The van der Waals surface area contributed by atoms with E-state index >= 15 is 0 Å². The van der Waals surface area contributed by atoms with Gasteiger partial charge in [-0.2, -0.15) is 0 Å². The monoisotopic (exact) mass is 281 g/mol. The smallest absolute Gasteiger partial charge is 0.328 e. The number of benzene rings is 2. The second-order valence-corrected chi connectivity index (χ2v) is 4.88. The predicted octanol–water partition coefficient (Wildman–Crippen LogP) is 3.33. The highest BCUT2D eigenvalue weighted by molar-refractivity contribution is 5.79. The second-order valence-electron chi connectivity index (χ2n) is 4.88. The Kier molecular flexibility index (Phi) is 5.73. The molecular formula is C18H19NO2. The normalized spacial score (nSPS) is 11.1. The Bertz CT molecular complexity index is 537. The summed E-state index contributed by atoms with van der Waals surface area (Å²) < 4.78 is 0. The topological polar surface area (TPSA) is 40.5 Å². The summed E-state index contributed by atoms with van der Waals surface area (Å²) in [5.41, 5.74) is 2.44. The van der Waals surface area contributed by atoms with Gasteiger partial charge in [0.15, 0.2) is 0 Å². The molecule has 0 bridgehead atoms. The van der Waals surface area contributed by atoms with Crippen LogP contribution >= 0.6 is 0 Å². The van der Waals surface area contributed by atoms with Gasteiger partial charge < -0.3 is 5.11 Å². The van der Waals surface area contributed by atoms with Gasteiger partial charge in [-0.1, -0.05) is 66.7 Å². The predicted molar refractivity (Wildman–Crippen MR) is 83.8 cm³/mol. The Morgan fingerprint density at radius 1 is 0.905 bits per heavy atom. The van der Waals surface area contributed by atoms with Gasteiger partial charge in [-0.15, -0.1) is 0 Å². The van der Waals surface area contributed by atoms with Crippen molar-refractivity contribution in [3.05, 3.63) is 83.9 Å². The lowest BCUT2D eigenvalue weighted by atomic mass is 10.1. The molecule has 21 heavy (non-hydrogen) atoms. The van der Waals surface area contributed by atoms with E-state index in [-0.39, 0.29) is 0 Å². The van der Waals surface area contributed by atoms with Crippen LogP contribution in [0, 0.1) is 0 Å². The number of carbonyl (C=O) groups is 1. The first-order chi connectivity index (χ1) is 10.2. The molecule has 2 rings (SSSR count). The van der Waals surface area contributed by atoms with Crippen LogP contribution in [-0.4, -0.2) is 22.5 Å². The Balaban J connectivity index is 2.04. The average molecular weight is 281 g/mol. The van der Waals surface area contributed by atoms with Gasteiger partial charge in [-0.05, 0) is 11.1 Å². The van der Waals surface area contributed by atoms with E-state index in [0.717, 1.165) is 13.1 Å². The zero-order chi connectivity index (χ0) is 14.9. The van der Waals surface area contributed by atoms with Crippen LogP contribution in [0.1, 0.15) is 11.1 Å². The van der Waals surface area contributed by atoms with Crippen molar-refractivity contribution in [3.8, 4) is 0 Å². The van der Waals surface area contributed by atoms with Crippen LogP contribution in [0.25, 0.3) is 0 Å². The summed E-state index contributed by atoms with van der Waals surface area (Å²) in [6.45, 7) is 2.19. The van der Waals surface area contributed by atoms with Gasteiger partial charge in [-0.3, -0.25) is 4.90 Å². The van der Waals surface area contributed by atoms with Crippen LogP contribution in [0.5, 0.6) is 0 Å². The standard InChI is InChI=1S/C18H19NO2/c20-18(21)12-7-13-19(14-16-8-3-1-4-9-16)15-17-10-5-2-6-11-17/h1-12H,13-15H2,(H,20,21)/b12-7+. The summed E-state index contributed by atoms with van der Waals surface area (Å²) in [4.78, 5) is 12.8. The van der Waals surface area contributed by atoms with Gasteiger partial charge in [0.2, 0.25) is 0 Å². The lowest BCUT2D eigenvalue weighted by molar-refractivity contribution is -0.131. The van der Waals surface area contributed by atoms with Crippen LogP contribution in [0.2, 0.25) is 0 Å². The van der Waals surface area contributed by atoms with Crippen molar-refractivity contribution in [1.29, 1.82) is 0 Å². The molecule has 0 aliphatic rings. The largest absolute Gasteiger partial charge is 0.478 e. The van der Waals surface area contributed by atoms with Crippen LogP contribution in [0.15, 0.2) is 72.8 Å². The number of nitrogens with zero attached hydrogens (tertiary/aromatic N) is 1. The number of rotatable bonds is 7. The van der Waals surface area contributed by atoms with E-state index in [9.17, 15) is 4.79 Å². The highest BCUT2D eigenvalue weighted by atomic mass is 16.4. The number of aliphatic carboxylic acids is 1. The van der Waals surface area contributed by atoms with Crippen molar-refractivity contribution in [3.63, 3.8) is 0 Å². The summed E-state index contributed by atoms with van der Waals surface area (Å²) in [7, 11) is 0. The SMILES string of the molecule is O=C(O)/C=C/CN(Cc1ccccc1)Cc1ccccc1. The Morgan fingerprint density at radius 2 is 1.38 bits per heavy atom. The lowest BCUT2D eigenvalue weighted by Gasteiger charge is -2.21. The van der Waals surface area contributed by atoms with E-state index in [4.69, 9.17) is 5.11 Å². The van der Waals surface area contributed by atoms with Crippen LogP contribution in [0.4, 0.5) is 0 Å². The number of carboxylic acid groups (broad SMARTS) is 1. The summed E-state index contributed by atoms with van der Waals surface area (Å²) in [6.07, 6.45) is 2.89. The summed E-state index contributed by atoms with van der Waals surface area (Å²) >= 11 is 0. The van der Waals surface area contributed by atoms with Gasteiger partial charge in [0.25, 0.3) is 0 Å². The van der Waals surface area contributed by atoms with Crippen molar-refractivity contribution >= 4 is 5.97 Å². The van der Waals surface area contributed by atoms with Crippen molar-refractivity contribution in [2.45, 2.75) is 13.1 Å². The second kappa shape index (κ2) is 8.02. The van der Waals surface area contributed by atoms with Crippen LogP contribution in [0.3, 0.4) is 0 Å². The zero-order valence-corrected chi connectivity index (χ0v) is 11.9. The maximum absolute atomic E-state index is 10.6. The molecule has 0 spiro atoms. The lowest BCUT2D eigenvalue weighted by Crippen LogP contribution is -2.23. The maximum atomic E-state index is 10.6. The average Bonchev–Trinajstić information content (AvgIpc) is 2.49. The van der Waals surface area contributed by atoms with Gasteiger partial charge in [0, 0.05) is 25.7 Å². The molecule has 0 radical (unpaired) electrons. The van der Waals surface area contributed by atoms with Gasteiger partial charge >= 0.3 is 5.97 Å².